The number of fused-ring (bicyclic) bond motifs is 5. The lowest BCUT2D eigenvalue weighted by Gasteiger charge is -2.18. The molecule has 1 aliphatic rings. The summed E-state index contributed by atoms with van der Waals surface area (Å²) in [7, 11) is 0. The number of aryl methyl sites for hydroxylation is 2. The lowest BCUT2D eigenvalue weighted by atomic mass is 9.89. The number of carbonyl (C=O) groups is 1. The third-order valence-corrected chi connectivity index (χ3v) is 7.66. The number of aromatic nitrogens is 4. The van der Waals surface area contributed by atoms with E-state index >= 15 is 0 Å². The van der Waals surface area contributed by atoms with Crippen molar-refractivity contribution in [3.8, 4) is 0 Å². The Bertz CT molecular complexity index is 1020. The van der Waals surface area contributed by atoms with Crippen LogP contribution < -0.4 is 0 Å². The maximum Gasteiger partial charge on any atom is 0.233 e. The Balaban J connectivity index is 1.76. The van der Waals surface area contributed by atoms with Gasteiger partial charge in [-0.1, -0.05) is 25.6 Å². The minimum atomic E-state index is 0.140. The number of carbonyl (C=O) groups excluding carboxylic acids is 1. The van der Waals surface area contributed by atoms with E-state index in [4.69, 9.17) is 4.98 Å². The molecule has 4 rings (SSSR count). The van der Waals surface area contributed by atoms with Gasteiger partial charge in [0, 0.05) is 24.4 Å². The molecule has 8 heteroatoms. The Morgan fingerprint density at radius 1 is 1.29 bits per heavy atom. The van der Waals surface area contributed by atoms with Crippen molar-refractivity contribution in [2.45, 2.75) is 58.5 Å². The van der Waals surface area contributed by atoms with Crippen molar-refractivity contribution in [1.29, 1.82) is 0 Å². The summed E-state index contributed by atoms with van der Waals surface area (Å²) >= 11 is 3.29. The van der Waals surface area contributed by atoms with Crippen molar-refractivity contribution in [2.24, 2.45) is 5.92 Å². The average molecular weight is 418 g/mol. The lowest BCUT2D eigenvalue weighted by Crippen LogP contribution is -2.31. The van der Waals surface area contributed by atoms with Crippen LogP contribution >= 0.6 is 23.1 Å². The predicted octanol–water partition coefficient (Wildman–Crippen LogP) is 3.99. The fourth-order valence-corrected chi connectivity index (χ4v) is 6.25. The fourth-order valence-electron chi connectivity index (χ4n) is 4.00. The van der Waals surface area contributed by atoms with Gasteiger partial charge in [0.15, 0.2) is 10.8 Å². The molecule has 0 spiro atoms. The molecule has 1 atom stereocenters. The molecule has 0 N–H and O–H groups in total. The van der Waals surface area contributed by atoms with Gasteiger partial charge in [0.1, 0.15) is 10.7 Å². The predicted molar refractivity (Wildman–Crippen MR) is 115 cm³/mol. The quantitative estimate of drug-likeness (QED) is 0.568. The van der Waals surface area contributed by atoms with E-state index in [2.05, 4.69) is 28.4 Å². The monoisotopic (exact) mass is 417 g/mol. The summed E-state index contributed by atoms with van der Waals surface area (Å²) in [4.78, 5) is 21.8. The number of hydrogen-bond donors (Lipinski definition) is 0. The molecule has 0 unspecified atom stereocenters. The number of hydrogen-bond acceptors (Lipinski definition) is 6. The minimum Gasteiger partial charge on any atom is -0.343 e. The van der Waals surface area contributed by atoms with Crippen molar-refractivity contribution < 1.29 is 4.79 Å². The first-order valence-corrected chi connectivity index (χ1v) is 12.0. The molecule has 3 aromatic heterocycles. The molecule has 0 aromatic carbocycles. The number of nitrogens with zero attached hydrogens (tertiary/aromatic N) is 5. The maximum atomic E-state index is 12.4. The first-order valence-electron chi connectivity index (χ1n) is 10.2. The van der Waals surface area contributed by atoms with Crippen LogP contribution in [0.4, 0.5) is 0 Å². The van der Waals surface area contributed by atoms with Crippen LogP contribution in [-0.2, 0) is 24.1 Å². The second-order valence-electron chi connectivity index (χ2n) is 7.41. The van der Waals surface area contributed by atoms with Gasteiger partial charge in [-0.05, 0) is 44.6 Å². The van der Waals surface area contributed by atoms with Crippen LogP contribution in [0.15, 0.2) is 5.16 Å². The summed E-state index contributed by atoms with van der Waals surface area (Å²) in [5.41, 5.74) is 2.33. The molecule has 28 heavy (non-hydrogen) atoms. The third kappa shape index (κ3) is 3.30. The Labute approximate surface area is 173 Å². The van der Waals surface area contributed by atoms with Crippen molar-refractivity contribution in [3.63, 3.8) is 0 Å². The first kappa shape index (κ1) is 19.6. The number of amides is 1. The molecule has 0 aliphatic heterocycles. The highest BCUT2D eigenvalue weighted by atomic mass is 32.2. The molecule has 0 saturated heterocycles. The van der Waals surface area contributed by atoms with Crippen LogP contribution in [0.25, 0.3) is 15.9 Å². The van der Waals surface area contributed by atoms with Crippen molar-refractivity contribution in [3.05, 3.63) is 16.3 Å². The summed E-state index contributed by atoms with van der Waals surface area (Å²) < 4.78 is 2.08. The van der Waals surface area contributed by atoms with Crippen LogP contribution in [-0.4, -0.2) is 49.2 Å². The highest BCUT2D eigenvalue weighted by molar-refractivity contribution is 7.99. The van der Waals surface area contributed by atoms with Gasteiger partial charge in [-0.2, -0.15) is 0 Å². The van der Waals surface area contributed by atoms with Gasteiger partial charge in [0.25, 0.3) is 0 Å². The molecule has 0 saturated carbocycles. The number of rotatable bonds is 6. The summed E-state index contributed by atoms with van der Waals surface area (Å²) in [6.07, 6.45) is 4.25. The largest absolute Gasteiger partial charge is 0.343 e. The van der Waals surface area contributed by atoms with Crippen molar-refractivity contribution in [2.75, 3.05) is 18.8 Å². The van der Waals surface area contributed by atoms with Gasteiger partial charge in [-0.15, -0.1) is 21.5 Å². The van der Waals surface area contributed by atoms with Gasteiger partial charge < -0.3 is 4.90 Å². The molecule has 3 heterocycles. The Hall–Kier alpha value is -1.67. The number of thiophene rings is 1. The van der Waals surface area contributed by atoms with Gasteiger partial charge in [0.05, 0.1) is 11.1 Å². The van der Waals surface area contributed by atoms with Gasteiger partial charge in [-0.3, -0.25) is 9.20 Å². The van der Waals surface area contributed by atoms with Crippen LogP contribution in [0.1, 0.15) is 50.4 Å². The van der Waals surface area contributed by atoms with Gasteiger partial charge in [0.2, 0.25) is 5.91 Å². The maximum absolute atomic E-state index is 12.4. The van der Waals surface area contributed by atoms with E-state index in [1.165, 1.54) is 34.0 Å². The Kier molecular flexibility index (Phi) is 5.60. The average Bonchev–Trinajstić information content (AvgIpc) is 3.26. The highest BCUT2D eigenvalue weighted by Gasteiger charge is 2.25. The molecular weight excluding hydrogens is 390 g/mol. The Morgan fingerprint density at radius 3 is 2.79 bits per heavy atom. The summed E-state index contributed by atoms with van der Waals surface area (Å²) in [5.74, 6) is 2.22. The third-order valence-electron chi connectivity index (χ3n) is 5.60. The van der Waals surface area contributed by atoms with Crippen LogP contribution in [0.5, 0.6) is 0 Å². The molecule has 0 fully saturated rings. The molecule has 6 nitrogen and oxygen atoms in total. The topological polar surface area (TPSA) is 63.4 Å². The van der Waals surface area contributed by atoms with Crippen LogP contribution in [0, 0.1) is 5.92 Å². The lowest BCUT2D eigenvalue weighted by molar-refractivity contribution is -0.127. The van der Waals surface area contributed by atoms with E-state index in [1.807, 2.05) is 30.1 Å². The first-order chi connectivity index (χ1) is 13.6. The fraction of sp³-hybridized carbons (Fsp3) is 0.600. The molecule has 150 valence electrons. The minimum absolute atomic E-state index is 0.140. The van der Waals surface area contributed by atoms with Crippen molar-refractivity contribution >= 4 is 44.9 Å². The van der Waals surface area contributed by atoms with E-state index in [0.29, 0.717) is 5.75 Å². The molecule has 1 amide bonds. The molecule has 0 bridgehead atoms. The standard InChI is InChI=1S/C20H27N5OS2/c1-5-15-21-19-17(13-9-8-12(4)10-14(13)28-19)18-22-23-20(25(15)18)27-11-16(26)24(6-2)7-3/h12H,5-11H2,1-4H3/t12-/m1/s1. The Morgan fingerprint density at radius 2 is 2.07 bits per heavy atom. The van der Waals surface area contributed by atoms with Crippen LogP contribution in [0.3, 0.4) is 0 Å². The van der Waals surface area contributed by atoms with Gasteiger partial charge in [-0.25, -0.2) is 4.98 Å². The van der Waals surface area contributed by atoms with Crippen molar-refractivity contribution in [1.82, 2.24) is 24.5 Å². The summed E-state index contributed by atoms with van der Waals surface area (Å²) in [6, 6.07) is 0. The second-order valence-corrected chi connectivity index (χ2v) is 9.44. The smallest absolute Gasteiger partial charge is 0.233 e. The number of thioether (sulfide) groups is 1. The zero-order chi connectivity index (χ0) is 19.8. The zero-order valence-corrected chi connectivity index (χ0v) is 18.6. The zero-order valence-electron chi connectivity index (χ0n) is 17.0. The molecule has 3 aromatic rings. The van der Waals surface area contributed by atoms with E-state index in [1.54, 1.807) is 0 Å². The molecule has 0 radical (unpaired) electrons. The van der Waals surface area contributed by atoms with E-state index in [0.717, 1.165) is 59.7 Å². The van der Waals surface area contributed by atoms with E-state index in [-0.39, 0.29) is 5.91 Å². The van der Waals surface area contributed by atoms with Crippen LogP contribution in [0.2, 0.25) is 0 Å². The summed E-state index contributed by atoms with van der Waals surface area (Å²) in [5, 5.41) is 11.0. The highest BCUT2D eigenvalue weighted by Crippen LogP contribution is 2.39. The SMILES string of the molecule is CCc1nc2sc3c(c2c2nnc(SCC(=O)N(CC)CC)n12)CC[C@@H](C)C3. The van der Waals surface area contributed by atoms with E-state index < -0.39 is 0 Å². The van der Waals surface area contributed by atoms with E-state index in [9.17, 15) is 4.79 Å². The van der Waals surface area contributed by atoms with Gasteiger partial charge >= 0.3 is 0 Å². The summed E-state index contributed by atoms with van der Waals surface area (Å²) in [6.45, 7) is 9.92. The second kappa shape index (κ2) is 7.99. The molecular formula is C20H27N5OS2. The normalized spacial score (nSPS) is 16.6. The molecule has 1 aliphatic carbocycles.